The Labute approximate surface area is 145 Å². The van der Waals surface area contributed by atoms with Crippen LogP contribution in [0.4, 0.5) is 0 Å². The summed E-state index contributed by atoms with van der Waals surface area (Å²) in [4.78, 5) is 35.0. The molecule has 6 nitrogen and oxygen atoms in total. The third kappa shape index (κ3) is 5.46. The SMILES string of the molecule is COC(=O)c1ccc(COC(=O)CNC(=O)c2cccc(C)c2)cc1. The molecule has 130 valence electrons. The van der Waals surface area contributed by atoms with Gasteiger partial charge in [0.1, 0.15) is 13.2 Å². The van der Waals surface area contributed by atoms with Gasteiger partial charge in [0.2, 0.25) is 0 Å². The summed E-state index contributed by atoms with van der Waals surface area (Å²) in [5.74, 6) is -1.30. The normalized spacial score (nSPS) is 10.0. The van der Waals surface area contributed by atoms with E-state index in [-0.39, 0.29) is 19.1 Å². The Morgan fingerprint density at radius 1 is 1.00 bits per heavy atom. The van der Waals surface area contributed by atoms with Crippen molar-refractivity contribution in [3.8, 4) is 0 Å². The second-order valence-corrected chi connectivity index (χ2v) is 5.40. The Morgan fingerprint density at radius 3 is 2.36 bits per heavy atom. The minimum atomic E-state index is -0.543. The van der Waals surface area contributed by atoms with Crippen molar-refractivity contribution < 1.29 is 23.9 Å². The van der Waals surface area contributed by atoms with Crippen molar-refractivity contribution in [2.45, 2.75) is 13.5 Å². The minimum Gasteiger partial charge on any atom is -0.465 e. The van der Waals surface area contributed by atoms with E-state index in [2.05, 4.69) is 10.1 Å². The Hall–Kier alpha value is -3.15. The fourth-order valence-electron chi connectivity index (χ4n) is 2.11. The van der Waals surface area contributed by atoms with Crippen LogP contribution in [0.5, 0.6) is 0 Å². The lowest BCUT2D eigenvalue weighted by molar-refractivity contribution is -0.143. The van der Waals surface area contributed by atoms with Crippen LogP contribution in [0.15, 0.2) is 48.5 Å². The number of carbonyl (C=O) groups is 3. The third-order valence-electron chi connectivity index (χ3n) is 3.45. The molecule has 0 spiro atoms. The van der Waals surface area contributed by atoms with Gasteiger partial charge >= 0.3 is 11.9 Å². The quantitative estimate of drug-likeness (QED) is 0.815. The van der Waals surface area contributed by atoms with Crippen LogP contribution in [-0.4, -0.2) is 31.5 Å². The molecule has 0 fully saturated rings. The van der Waals surface area contributed by atoms with Crippen LogP contribution < -0.4 is 5.32 Å². The van der Waals surface area contributed by atoms with Crippen molar-refractivity contribution in [1.82, 2.24) is 5.32 Å². The average molecular weight is 341 g/mol. The summed E-state index contributed by atoms with van der Waals surface area (Å²) >= 11 is 0. The lowest BCUT2D eigenvalue weighted by atomic mass is 10.1. The summed E-state index contributed by atoms with van der Waals surface area (Å²) in [6.45, 7) is 1.73. The molecule has 25 heavy (non-hydrogen) atoms. The predicted molar refractivity (Wildman–Crippen MR) is 91.1 cm³/mol. The van der Waals surface area contributed by atoms with Crippen LogP contribution in [0.1, 0.15) is 31.8 Å². The molecule has 0 saturated carbocycles. The number of esters is 2. The molecule has 0 unspecified atom stereocenters. The van der Waals surface area contributed by atoms with Gasteiger partial charge in [0.15, 0.2) is 0 Å². The summed E-state index contributed by atoms with van der Waals surface area (Å²) in [5.41, 5.74) is 2.60. The van der Waals surface area contributed by atoms with Crippen LogP contribution in [0.2, 0.25) is 0 Å². The molecule has 0 aliphatic carbocycles. The maximum absolute atomic E-state index is 11.9. The molecule has 0 radical (unpaired) electrons. The van der Waals surface area contributed by atoms with Gasteiger partial charge in [0.25, 0.3) is 5.91 Å². The highest BCUT2D eigenvalue weighted by Crippen LogP contribution is 2.07. The Balaban J connectivity index is 1.79. The Kier molecular flexibility index (Phi) is 6.28. The highest BCUT2D eigenvalue weighted by atomic mass is 16.5. The zero-order valence-corrected chi connectivity index (χ0v) is 14.1. The van der Waals surface area contributed by atoms with Gasteiger partial charge in [-0.25, -0.2) is 4.79 Å². The zero-order chi connectivity index (χ0) is 18.2. The van der Waals surface area contributed by atoms with Gasteiger partial charge < -0.3 is 14.8 Å². The van der Waals surface area contributed by atoms with Gasteiger partial charge in [-0.2, -0.15) is 0 Å². The van der Waals surface area contributed by atoms with Crippen LogP contribution >= 0.6 is 0 Å². The molecule has 0 bridgehead atoms. The van der Waals surface area contributed by atoms with Gasteiger partial charge in [0, 0.05) is 5.56 Å². The van der Waals surface area contributed by atoms with E-state index in [0.717, 1.165) is 11.1 Å². The number of carbonyl (C=O) groups excluding carboxylic acids is 3. The summed E-state index contributed by atoms with van der Waals surface area (Å²) in [5, 5.41) is 2.52. The van der Waals surface area contributed by atoms with Gasteiger partial charge in [-0.05, 0) is 36.8 Å². The fraction of sp³-hybridized carbons (Fsp3) is 0.211. The molecule has 0 heterocycles. The van der Waals surface area contributed by atoms with Crippen molar-refractivity contribution in [2.24, 2.45) is 0 Å². The standard InChI is InChI=1S/C19H19NO5/c1-13-4-3-5-16(10-13)18(22)20-11-17(21)25-12-14-6-8-15(9-7-14)19(23)24-2/h3-10H,11-12H2,1-2H3,(H,20,22). The number of nitrogens with one attached hydrogen (secondary N) is 1. The largest absolute Gasteiger partial charge is 0.465 e. The van der Waals surface area contributed by atoms with E-state index in [1.807, 2.05) is 13.0 Å². The highest BCUT2D eigenvalue weighted by Gasteiger charge is 2.10. The first-order chi connectivity index (χ1) is 12.0. The van der Waals surface area contributed by atoms with Crippen molar-refractivity contribution in [3.63, 3.8) is 0 Å². The third-order valence-corrected chi connectivity index (χ3v) is 3.45. The number of ether oxygens (including phenoxy) is 2. The molecule has 0 atom stereocenters. The van der Waals surface area contributed by atoms with Gasteiger partial charge in [-0.15, -0.1) is 0 Å². The molecule has 6 heteroatoms. The topological polar surface area (TPSA) is 81.7 Å². The number of hydrogen-bond acceptors (Lipinski definition) is 5. The van der Waals surface area contributed by atoms with E-state index in [1.165, 1.54) is 7.11 Å². The smallest absolute Gasteiger partial charge is 0.337 e. The number of rotatable bonds is 6. The van der Waals surface area contributed by atoms with Gasteiger partial charge in [-0.1, -0.05) is 29.8 Å². The number of methoxy groups -OCH3 is 1. The maximum Gasteiger partial charge on any atom is 0.337 e. The minimum absolute atomic E-state index is 0.0562. The Bertz CT molecular complexity index is 768. The summed E-state index contributed by atoms with van der Waals surface area (Å²) in [6.07, 6.45) is 0. The van der Waals surface area contributed by atoms with Crippen LogP contribution in [0.3, 0.4) is 0 Å². The number of amides is 1. The molecule has 0 saturated heterocycles. The molecule has 0 aliphatic heterocycles. The highest BCUT2D eigenvalue weighted by molar-refractivity contribution is 5.96. The molecule has 0 aliphatic rings. The van der Waals surface area contributed by atoms with Crippen LogP contribution in [0, 0.1) is 6.92 Å². The van der Waals surface area contributed by atoms with E-state index >= 15 is 0 Å². The van der Waals surface area contributed by atoms with E-state index in [0.29, 0.717) is 11.1 Å². The second kappa shape index (κ2) is 8.63. The molecular formula is C19H19NO5. The summed E-state index contributed by atoms with van der Waals surface area (Å²) < 4.78 is 9.70. The predicted octanol–water partition coefficient (Wildman–Crippen LogP) is 2.25. The molecular weight excluding hydrogens is 322 g/mol. The van der Waals surface area contributed by atoms with E-state index in [1.54, 1.807) is 42.5 Å². The number of aryl methyl sites for hydroxylation is 1. The fourth-order valence-corrected chi connectivity index (χ4v) is 2.11. The molecule has 2 rings (SSSR count). The van der Waals surface area contributed by atoms with E-state index in [4.69, 9.17) is 4.74 Å². The average Bonchev–Trinajstić information content (AvgIpc) is 2.64. The van der Waals surface area contributed by atoms with Crippen molar-refractivity contribution in [3.05, 3.63) is 70.8 Å². The lowest BCUT2D eigenvalue weighted by Crippen LogP contribution is -2.30. The van der Waals surface area contributed by atoms with E-state index < -0.39 is 11.9 Å². The lowest BCUT2D eigenvalue weighted by Gasteiger charge is -2.07. The van der Waals surface area contributed by atoms with Crippen molar-refractivity contribution >= 4 is 17.8 Å². The second-order valence-electron chi connectivity index (χ2n) is 5.40. The van der Waals surface area contributed by atoms with Gasteiger partial charge in [-0.3, -0.25) is 9.59 Å². The molecule has 2 aromatic carbocycles. The molecule has 2 aromatic rings. The molecule has 1 N–H and O–H groups in total. The Morgan fingerprint density at radius 2 is 1.72 bits per heavy atom. The van der Waals surface area contributed by atoms with Crippen molar-refractivity contribution in [1.29, 1.82) is 0 Å². The zero-order valence-electron chi connectivity index (χ0n) is 14.1. The molecule has 0 aromatic heterocycles. The monoisotopic (exact) mass is 341 g/mol. The summed E-state index contributed by atoms with van der Waals surface area (Å²) in [7, 11) is 1.31. The van der Waals surface area contributed by atoms with Crippen LogP contribution in [-0.2, 0) is 20.9 Å². The number of benzene rings is 2. The van der Waals surface area contributed by atoms with Gasteiger partial charge in [0.05, 0.1) is 12.7 Å². The molecule has 1 amide bonds. The summed E-state index contributed by atoms with van der Waals surface area (Å²) in [6, 6.07) is 13.6. The first-order valence-corrected chi connectivity index (χ1v) is 7.67. The van der Waals surface area contributed by atoms with Crippen molar-refractivity contribution in [2.75, 3.05) is 13.7 Å². The first-order valence-electron chi connectivity index (χ1n) is 7.67. The first kappa shape index (κ1) is 18.2. The number of hydrogen-bond donors (Lipinski definition) is 1. The van der Waals surface area contributed by atoms with Crippen LogP contribution in [0.25, 0.3) is 0 Å². The van der Waals surface area contributed by atoms with E-state index in [9.17, 15) is 14.4 Å². The maximum atomic E-state index is 11.9.